The highest BCUT2D eigenvalue weighted by molar-refractivity contribution is 5.88. The van der Waals surface area contributed by atoms with E-state index in [-0.39, 0.29) is 19.2 Å². The van der Waals surface area contributed by atoms with Crippen LogP contribution in [0.1, 0.15) is 18.9 Å². The first-order chi connectivity index (χ1) is 11.4. The molecule has 0 aliphatic heterocycles. The Balaban J connectivity index is 0.000000640. The van der Waals surface area contributed by atoms with E-state index in [0.717, 1.165) is 5.56 Å². The van der Waals surface area contributed by atoms with Crippen LogP contribution in [-0.2, 0) is 19.1 Å². The first kappa shape index (κ1) is 21.3. The lowest BCUT2D eigenvalue weighted by Gasteiger charge is -2.02. The zero-order valence-corrected chi connectivity index (χ0v) is 14.2. The maximum atomic E-state index is 11.3. The Morgan fingerprint density at radius 1 is 1.17 bits per heavy atom. The van der Waals surface area contributed by atoms with Gasteiger partial charge in [-0.1, -0.05) is 55.6 Å². The monoisotopic (exact) mass is 332 g/mol. The number of hydrogen-bond acceptors (Lipinski definition) is 5. The van der Waals surface area contributed by atoms with E-state index in [4.69, 9.17) is 9.84 Å². The lowest BCUT2D eigenvalue weighted by Crippen LogP contribution is -2.09. The molecule has 1 N–H and O–H groups in total. The van der Waals surface area contributed by atoms with E-state index in [9.17, 15) is 9.59 Å². The van der Waals surface area contributed by atoms with Gasteiger partial charge in [-0.3, -0.25) is 0 Å². The van der Waals surface area contributed by atoms with E-state index in [0.29, 0.717) is 17.6 Å². The average molecular weight is 332 g/mol. The largest absolute Gasteiger partial charge is 0.466 e. The van der Waals surface area contributed by atoms with Crippen LogP contribution in [0.5, 0.6) is 0 Å². The number of benzene rings is 1. The predicted octanol–water partition coefficient (Wildman–Crippen LogP) is 2.92. The summed E-state index contributed by atoms with van der Waals surface area (Å²) in [6, 6.07) is 9.79. The summed E-state index contributed by atoms with van der Waals surface area (Å²) in [5.74, 6) is -0.809. The second-order valence-corrected chi connectivity index (χ2v) is 4.75. The molecule has 5 nitrogen and oxygen atoms in total. The minimum atomic E-state index is -0.461. The lowest BCUT2D eigenvalue weighted by molar-refractivity contribution is -0.140. The second-order valence-electron chi connectivity index (χ2n) is 4.75. The Morgan fingerprint density at radius 3 is 2.25 bits per heavy atom. The van der Waals surface area contributed by atoms with Gasteiger partial charge in [0.25, 0.3) is 0 Å². The molecular formula is C19H24O5. The molecule has 1 rings (SSSR count). The average Bonchev–Trinajstić information content (AvgIpc) is 2.60. The zero-order chi connectivity index (χ0) is 18.4. The van der Waals surface area contributed by atoms with Gasteiger partial charge in [-0.2, -0.15) is 0 Å². The number of ether oxygens (including phenoxy) is 2. The van der Waals surface area contributed by atoms with Crippen molar-refractivity contribution in [1.29, 1.82) is 0 Å². The van der Waals surface area contributed by atoms with Gasteiger partial charge in [0.2, 0.25) is 0 Å². The summed E-state index contributed by atoms with van der Waals surface area (Å²) < 4.78 is 9.01. The van der Waals surface area contributed by atoms with Gasteiger partial charge in [-0.05, 0) is 18.9 Å². The molecule has 0 saturated heterocycles. The number of carbonyl (C=O) groups is 2. The summed E-state index contributed by atoms with van der Waals surface area (Å²) >= 11 is 0. The van der Waals surface area contributed by atoms with Gasteiger partial charge in [0.1, 0.15) is 6.61 Å². The van der Waals surface area contributed by atoms with Crippen molar-refractivity contribution in [1.82, 2.24) is 0 Å². The summed E-state index contributed by atoms with van der Waals surface area (Å²) in [5.41, 5.74) is 1.89. The SMILES string of the molecule is C=C(C)C(=O)OC.C=C(CC=Cc1ccccc1)C(=O)OCCO. The van der Waals surface area contributed by atoms with Crippen LogP contribution in [0.2, 0.25) is 0 Å². The number of esters is 2. The molecule has 24 heavy (non-hydrogen) atoms. The van der Waals surface area contributed by atoms with E-state index in [2.05, 4.69) is 17.9 Å². The molecule has 0 unspecified atom stereocenters. The van der Waals surface area contributed by atoms with Crippen LogP contribution in [0, 0.1) is 0 Å². The summed E-state index contributed by atoms with van der Waals surface area (Å²) in [5, 5.41) is 8.50. The Bertz CT molecular complexity index is 573. The van der Waals surface area contributed by atoms with Crippen molar-refractivity contribution >= 4 is 18.0 Å². The third kappa shape index (κ3) is 10.1. The molecule has 0 aliphatic carbocycles. The van der Waals surface area contributed by atoms with Crippen LogP contribution in [0.3, 0.4) is 0 Å². The molecule has 0 amide bonds. The fraction of sp³-hybridized carbons (Fsp3) is 0.263. The van der Waals surface area contributed by atoms with E-state index >= 15 is 0 Å². The molecule has 1 aromatic rings. The van der Waals surface area contributed by atoms with E-state index in [1.807, 2.05) is 42.5 Å². The number of aliphatic hydroxyl groups is 1. The lowest BCUT2D eigenvalue weighted by atomic mass is 10.1. The van der Waals surface area contributed by atoms with E-state index < -0.39 is 5.97 Å². The summed E-state index contributed by atoms with van der Waals surface area (Å²) in [6.45, 7) is 8.43. The van der Waals surface area contributed by atoms with Crippen molar-refractivity contribution in [2.24, 2.45) is 0 Å². The van der Waals surface area contributed by atoms with Crippen LogP contribution in [0.15, 0.2) is 60.7 Å². The molecule has 0 fully saturated rings. The van der Waals surface area contributed by atoms with Gasteiger partial charge in [-0.25, -0.2) is 9.59 Å². The van der Waals surface area contributed by atoms with Crippen LogP contribution in [0.4, 0.5) is 0 Å². The molecule has 0 aromatic heterocycles. The third-order valence-electron chi connectivity index (χ3n) is 2.62. The standard InChI is InChI=1S/C14H16O3.C5H8O2/c1-12(14(16)17-11-10-15)6-5-9-13-7-3-2-4-8-13;1-4(2)5(6)7-3/h2-5,7-9,15H,1,6,10-11H2;1H2,2-3H3. The third-order valence-corrected chi connectivity index (χ3v) is 2.62. The quantitative estimate of drug-likeness (QED) is 0.614. The fourth-order valence-corrected chi connectivity index (χ4v) is 1.40. The molecule has 0 saturated carbocycles. The van der Waals surface area contributed by atoms with Crippen molar-refractivity contribution in [3.8, 4) is 0 Å². The van der Waals surface area contributed by atoms with Crippen LogP contribution in [0.25, 0.3) is 6.08 Å². The summed E-state index contributed by atoms with van der Waals surface area (Å²) in [6.07, 6.45) is 4.22. The Morgan fingerprint density at radius 2 is 1.79 bits per heavy atom. The summed E-state index contributed by atoms with van der Waals surface area (Å²) in [7, 11) is 1.33. The minimum Gasteiger partial charge on any atom is -0.466 e. The Kier molecular flexibility index (Phi) is 11.4. The fourth-order valence-electron chi connectivity index (χ4n) is 1.40. The smallest absolute Gasteiger partial charge is 0.333 e. The van der Waals surface area contributed by atoms with Crippen LogP contribution >= 0.6 is 0 Å². The number of carbonyl (C=O) groups excluding carboxylic acids is 2. The van der Waals surface area contributed by atoms with E-state index in [1.54, 1.807) is 6.92 Å². The zero-order valence-electron chi connectivity index (χ0n) is 14.2. The van der Waals surface area contributed by atoms with Crippen LogP contribution in [-0.4, -0.2) is 37.4 Å². The molecule has 1 aromatic carbocycles. The van der Waals surface area contributed by atoms with Gasteiger partial charge >= 0.3 is 11.9 Å². The van der Waals surface area contributed by atoms with Gasteiger partial charge in [0, 0.05) is 11.1 Å². The van der Waals surface area contributed by atoms with Gasteiger partial charge in [0.15, 0.2) is 0 Å². The molecule has 0 spiro atoms. The maximum Gasteiger partial charge on any atom is 0.333 e. The Hall–Kier alpha value is -2.66. The molecule has 0 bridgehead atoms. The van der Waals surface area contributed by atoms with Crippen molar-refractivity contribution in [2.75, 3.05) is 20.3 Å². The number of aliphatic hydroxyl groups excluding tert-OH is 1. The highest BCUT2D eigenvalue weighted by Gasteiger charge is 2.05. The number of rotatable bonds is 7. The topological polar surface area (TPSA) is 72.8 Å². The van der Waals surface area contributed by atoms with Crippen molar-refractivity contribution in [3.05, 3.63) is 66.3 Å². The minimum absolute atomic E-state index is 0.0141. The Labute approximate surface area is 142 Å². The molecule has 0 atom stereocenters. The first-order valence-corrected chi connectivity index (χ1v) is 7.33. The molecular weight excluding hydrogens is 308 g/mol. The van der Waals surface area contributed by atoms with Gasteiger partial charge in [-0.15, -0.1) is 0 Å². The predicted molar refractivity (Wildman–Crippen MR) is 94.1 cm³/mol. The summed E-state index contributed by atoms with van der Waals surface area (Å²) in [4.78, 5) is 21.5. The van der Waals surface area contributed by atoms with Gasteiger partial charge in [0.05, 0.1) is 13.7 Å². The number of allylic oxidation sites excluding steroid dienone is 1. The van der Waals surface area contributed by atoms with Crippen LogP contribution < -0.4 is 0 Å². The molecule has 0 aliphatic rings. The molecule has 0 heterocycles. The number of methoxy groups -OCH3 is 1. The van der Waals surface area contributed by atoms with E-state index in [1.165, 1.54) is 7.11 Å². The highest BCUT2D eigenvalue weighted by atomic mass is 16.5. The van der Waals surface area contributed by atoms with Gasteiger partial charge < -0.3 is 14.6 Å². The normalized spacial score (nSPS) is 9.62. The molecule has 5 heteroatoms. The number of hydrogen-bond donors (Lipinski definition) is 1. The maximum absolute atomic E-state index is 11.3. The second kappa shape index (κ2) is 12.8. The van der Waals surface area contributed by atoms with Crippen molar-refractivity contribution in [3.63, 3.8) is 0 Å². The van der Waals surface area contributed by atoms with Crippen molar-refractivity contribution < 1.29 is 24.2 Å². The first-order valence-electron chi connectivity index (χ1n) is 7.33. The van der Waals surface area contributed by atoms with Crippen molar-refractivity contribution in [2.45, 2.75) is 13.3 Å². The molecule has 0 radical (unpaired) electrons. The highest BCUT2D eigenvalue weighted by Crippen LogP contribution is 2.06. The molecule has 130 valence electrons.